The maximum absolute atomic E-state index is 11.6. The van der Waals surface area contributed by atoms with Crippen LogP contribution in [0.4, 0.5) is 0 Å². The Morgan fingerprint density at radius 1 is 0.760 bits per heavy atom. The van der Waals surface area contributed by atoms with Crippen molar-refractivity contribution >= 4 is 34.5 Å². The van der Waals surface area contributed by atoms with Crippen molar-refractivity contribution in [3.63, 3.8) is 0 Å². The van der Waals surface area contributed by atoms with Crippen molar-refractivity contribution in [3.05, 3.63) is 46.5 Å². The van der Waals surface area contributed by atoms with E-state index < -0.39 is 46.0 Å². The van der Waals surface area contributed by atoms with Crippen molar-refractivity contribution in [2.75, 3.05) is 0 Å². The largest absolute Gasteiger partial charge is 1.00 e. The average molecular weight is 320 g/mol. The summed E-state index contributed by atoms with van der Waals surface area (Å²) in [6.07, 6.45) is 0. The minimum absolute atomic E-state index is 0. The molecule has 2 aromatic carbocycles. The number of carbonyl (C=O) groups is 3. The number of rotatable bonds is 4. The molecule has 3 N–H and O–H groups in total. The third-order valence-electron chi connectivity index (χ3n) is 3.10. The number of hydrogen-bond acceptors (Lipinski definition) is 7. The summed E-state index contributed by atoms with van der Waals surface area (Å²) in [6, 6.07) is 5.33. The molecule has 0 saturated carbocycles. The van der Waals surface area contributed by atoms with Crippen LogP contribution in [0.5, 0.6) is 0 Å². The van der Waals surface area contributed by atoms with Gasteiger partial charge in [-0.05, 0) is 16.7 Å². The number of benzene rings is 2. The van der Waals surface area contributed by atoms with Crippen molar-refractivity contribution in [3.8, 4) is 0 Å². The molecule has 0 bridgehead atoms. The minimum atomic E-state index is -2.01. The fourth-order valence-corrected chi connectivity index (χ4v) is 2.34. The molecule has 0 fully saturated rings. The molecule has 2 rings (SSSR count). The Kier molecular flexibility index (Phi) is 9.99. The Morgan fingerprint density at radius 3 is 1.48 bits per heavy atom. The van der Waals surface area contributed by atoms with Gasteiger partial charge < -0.3 is 36.1 Å². The van der Waals surface area contributed by atoms with Gasteiger partial charge in [0.05, 0.1) is 17.5 Å². The number of primary amides is 1. The Morgan fingerprint density at radius 2 is 1.16 bits per heavy atom. The topological polar surface area (TPSA) is 170 Å². The van der Waals surface area contributed by atoms with Crippen LogP contribution in [0.2, 0.25) is 0 Å². The molecule has 25 heavy (non-hydrogen) atoms. The van der Waals surface area contributed by atoms with Gasteiger partial charge in [0.1, 0.15) is 0 Å². The van der Waals surface area contributed by atoms with E-state index in [-0.39, 0.29) is 67.4 Å². The molecule has 2 aromatic rings. The summed E-state index contributed by atoms with van der Waals surface area (Å²) < 4.78 is 0. The number of aromatic carboxylic acids is 2. The predicted molar refractivity (Wildman–Crippen MR) is 68.0 cm³/mol. The van der Waals surface area contributed by atoms with Gasteiger partial charge in [-0.2, -0.15) is 0 Å². The molecule has 1 amide bonds. The van der Waals surface area contributed by atoms with Gasteiger partial charge in [-0.1, -0.05) is 24.3 Å². The fourth-order valence-electron chi connectivity index (χ4n) is 2.34. The zero-order valence-corrected chi connectivity index (χ0v) is 13.8. The Balaban J connectivity index is 0. The molecule has 0 radical (unpaired) electrons. The van der Waals surface area contributed by atoms with E-state index in [0.29, 0.717) is 0 Å². The van der Waals surface area contributed by atoms with Crippen LogP contribution in [0.25, 0.3) is 10.8 Å². The predicted octanol–water partition coefficient (Wildman–Crippen LogP) is -11.6. The van der Waals surface area contributed by atoms with Crippen molar-refractivity contribution in [2.24, 2.45) is 5.73 Å². The number of carboxylic acids is 2. The number of fused-ring (bicyclic) bond motifs is 1. The van der Waals surface area contributed by atoms with Gasteiger partial charge >= 0.3 is 56.6 Å². The van der Waals surface area contributed by atoms with Crippen LogP contribution >= 0.6 is 0 Å². The van der Waals surface area contributed by atoms with Crippen LogP contribution in [0, 0.1) is 5.41 Å². The van der Waals surface area contributed by atoms with Crippen LogP contribution < -0.4 is 77.6 Å². The minimum Gasteiger partial charge on any atom is -0.859 e. The molecule has 0 atom stereocenters. The van der Waals surface area contributed by atoms with Crippen molar-refractivity contribution in [1.82, 2.24) is 0 Å². The molecule has 11 heteroatoms. The molecule has 0 spiro atoms. The molecule has 0 saturated heterocycles. The number of carbonyl (C=O) groups excluding carboxylic acids is 3. The molecule has 0 aliphatic rings. The fraction of sp³-hybridized carbons (Fsp3) is 0. The Hall–Kier alpha value is -1.63. The van der Waals surface area contributed by atoms with Gasteiger partial charge in [0.2, 0.25) is 5.91 Å². The number of hydrogen-bond donors (Lipinski definition) is 2. The van der Waals surface area contributed by atoms with E-state index in [9.17, 15) is 29.7 Å². The molecule has 0 aliphatic carbocycles. The summed E-state index contributed by atoms with van der Waals surface area (Å²) in [5, 5.41) is 41.1. The SMILES string of the molecule is N=C([O-])c1c(C(N)=O)c(C(=O)[O-])c(C(=O)[O-])c2ccccc12.[Li+].[Li+].[Li+]. The Bertz CT molecular complexity index is 799. The van der Waals surface area contributed by atoms with E-state index in [1.54, 1.807) is 0 Å². The molecule has 0 heterocycles. The third kappa shape index (κ3) is 4.51. The second-order valence-corrected chi connectivity index (χ2v) is 4.31. The van der Waals surface area contributed by atoms with Crippen LogP contribution in [0.1, 0.15) is 36.6 Å². The van der Waals surface area contributed by atoms with Gasteiger partial charge in [-0.25, -0.2) is 0 Å². The summed E-state index contributed by atoms with van der Waals surface area (Å²) in [6.45, 7) is 0. The first-order chi connectivity index (χ1) is 10.3. The maximum atomic E-state index is 11.6. The first kappa shape index (κ1) is 25.6. The summed E-state index contributed by atoms with van der Waals surface area (Å²) in [5.41, 5.74) is 1.71. The second-order valence-electron chi connectivity index (χ2n) is 4.31. The Labute approximate surface area is 177 Å². The van der Waals surface area contributed by atoms with Gasteiger partial charge in [-0.15, -0.1) is 0 Å². The first-order valence-electron chi connectivity index (χ1n) is 5.84. The van der Waals surface area contributed by atoms with Crippen LogP contribution in [-0.4, -0.2) is 23.7 Å². The molecule has 0 aliphatic heterocycles. The average Bonchev–Trinajstić information content (AvgIpc) is 2.43. The molecule has 0 aromatic heterocycles. The van der Waals surface area contributed by atoms with E-state index in [2.05, 4.69) is 0 Å². The quantitative estimate of drug-likeness (QED) is 0.322. The van der Waals surface area contributed by atoms with Crippen molar-refractivity contribution < 1.29 is 86.3 Å². The van der Waals surface area contributed by atoms with Gasteiger partial charge in [0, 0.05) is 16.7 Å². The molecular weight excluding hydrogens is 313 g/mol. The molecular formula is C14H7Li3N2O6. The van der Waals surface area contributed by atoms with Crippen molar-refractivity contribution in [1.29, 1.82) is 5.41 Å². The number of nitrogens with two attached hydrogens (primary N) is 1. The molecule has 0 unspecified atom stereocenters. The summed E-state index contributed by atoms with van der Waals surface area (Å²) in [5.74, 6) is -6.62. The zero-order valence-electron chi connectivity index (χ0n) is 13.8. The first-order valence-corrected chi connectivity index (χ1v) is 5.84. The van der Waals surface area contributed by atoms with E-state index in [1.165, 1.54) is 24.3 Å². The van der Waals surface area contributed by atoms with Gasteiger partial charge in [-0.3, -0.25) is 4.79 Å². The van der Waals surface area contributed by atoms with Gasteiger partial charge in [0.25, 0.3) is 0 Å². The zero-order chi connectivity index (χ0) is 16.6. The van der Waals surface area contributed by atoms with E-state index >= 15 is 0 Å². The van der Waals surface area contributed by atoms with E-state index in [4.69, 9.17) is 11.1 Å². The smallest absolute Gasteiger partial charge is 0.859 e. The third-order valence-corrected chi connectivity index (χ3v) is 3.10. The maximum Gasteiger partial charge on any atom is 1.00 e. The summed E-state index contributed by atoms with van der Waals surface area (Å²) in [7, 11) is 0. The molecule has 8 nitrogen and oxygen atoms in total. The van der Waals surface area contributed by atoms with E-state index in [1.807, 2.05) is 0 Å². The summed E-state index contributed by atoms with van der Waals surface area (Å²) in [4.78, 5) is 34.1. The van der Waals surface area contributed by atoms with Gasteiger partial charge in [0.15, 0.2) is 0 Å². The number of amides is 1. The standard InChI is InChI=1S/C14H10N2O6.3Li/c15-11(17)7-5-3-1-2-4-6(5)8(13(19)20)10(14(21)22)9(7)12(16)18;;;/h1-4H,(H2,15,17)(H2,16,18)(H,19,20)(H,21,22);;;/q;3*+1/p-3. The monoisotopic (exact) mass is 320 g/mol. The molecule has 112 valence electrons. The number of carboxylic acid groups (broad SMARTS) is 2. The van der Waals surface area contributed by atoms with Crippen LogP contribution in [0.3, 0.4) is 0 Å². The van der Waals surface area contributed by atoms with Crippen molar-refractivity contribution in [2.45, 2.75) is 0 Å². The van der Waals surface area contributed by atoms with E-state index in [0.717, 1.165) is 0 Å². The van der Waals surface area contributed by atoms with Crippen LogP contribution in [0.15, 0.2) is 24.3 Å². The normalized spacial score (nSPS) is 9.12. The van der Waals surface area contributed by atoms with Crippen LogP contribution in [-0.2, 0) is 0 Å². The second kappa shape index (κ2) is 9.75. The number of nitrogens with one attached hydrogen (secondary N) is 1. The summed E-state index contributed by atoms with van der Waals surface area (Å²) >= 11 is 0.